The first-order chi connectivity index (χ1) is 8.95. The van der Waals surface area contributed by atoms with Gasteiger partial charge in [0.15, 0.2) is 0 Å². The summed E-state index contributed by atoms with van der Waals surface area (Å²) in [6, 6.07) is 3.55. The van der Waals surface area contributed by atoms with Crippen LogP contribution in [0.4, 0.5) is 8.78 Å². The molecule has 1 unspecified atom stereocenters. The highest BCUT2D eigenvalue weighted by Crippen LogP contribution is 2.26. The van der Waals surface area contributed by atoms with Gasteiger partial charge in [0.25, 0.3) is 0 Å². The number of halogens is 2. The van der Waals surface area contributed by atoms with E-state index in [-0.39, 0.29) is 0 Å². The van der Waals surface area contributed by atoms with Crippen molar-refractivity contribution in [1.82, 2.24) is 0 Å². The molecule has 0 spiro atoms. The smallest absolute Gasteiger partial charge is 0.126 e. The molecule has 3 heteroatoms. The molecule has 0 aromatic heterocycles. The molecule has 1 atom stereocenters. The first-order valence-corrected chi connectivity index (χ1v) is 7.21. The maximum Gasteiger partial charge on any atom is 0.126 e. The minimum Gasteiger partial charge on any atom is -0.322 e. The third-order valence-electron chi connectivity index (χ3n) is 3.57. The first-order valence-electron chi connectivity index (χ1n) is 7.21. The second-order valence-electron chi connectivity index (χ2n) is 5.59. The summed E-state index contributed by atoms with van der Waals surface area (Å²) in [4.78, 5) is 0. The lowest BCUT2D eigenvalue weighted by atomic mass is 9.87. The average molecular weight is 269 g/mol. The van der Waals surface area contributed by atoms with E-state index in [1.807, 2.05) is 6.92 Å². The fraction of sp³-hybridized carbons (Fsp3) is 0.625. The van der Waals surface area contributed by atoms with Crippen molar-refractivity contribution in [3.05, 3.63) is 35.4 Å². The molecule has 2 N–H and O–H groups in total. The third-order valence-corrected chi connectivity index (χ3v) is 3.57. The van der Waals surface area contributed by atoms with Crippen LogP contribution in [0.3, 0.4) is 0 Å². The van der Waals surface area contributed by atoms with Crippen molar-refractivity contribution < 1.29 is 8.78 Å². The van der Waals surface area contributed by atoms with Crippen LogP contribution in [0, 0.1) is 11.6 Å². The highest BCUT2D eigenvalue weighted by atomic mass is 19.1. The van der Waals surface area contributed by atoms with Crippen molar-refractivity contribution in [2.24, 2.45) is 5.73 Å². The van der Waals surface area contributed by atoms with Gasteiger partial charge in [0, 0.05) is 11.6 Å². The lowest BCUT2D eigenvalue weighted by Gasteiger charge is -2.25. The maximum absolute atomic E-state index is 13.2. The Balaban J connectivity index is 2.46. The Morgan fingerprint density at radius 3 is 2.05 bits per heavy atom. The molecule has 0 radical (unpaired) electrons. The normalized spacial score (nSPS) is 14.4. The summed E-state index contributed by atoms with van der Waals surface area (Å²) >= 11 is 0. The minimum absolute atomic E-state index is 0.540. The van der Waals surface area contributed by atoms with Crippen molar-refractivity contribution in [2.75, 3.05) is 0 Å². The number of hydrogen-bond acceptors (Lipinski definition) is 1. The van der Waals surface area contributed by atoms with Crippen molar-refractivity contribution in [2.45, 2.75) is 64.3 Å². The molecule has 1 nitrogen and oxygen atoms in total. The Hall–Kier alpha value is -0.960. The zero-order valence-electron chi connectivity index (χ0n) is 12.0. The second-order valence-corrected chi connectivity index (χ2v) is 5.59. The summed E-state index contributed by atoms with van der Waals surface area (Å²) in [6.07, 6.45) is 7.85. The zero-order chi connectivity index (χ0) is 14.3. The monoisotopic (exact) mass is 269 g/mol. The van der Waals surface area contributed by atoms with Crippen LogP contribution in [0.1, 0.15) is 64.4 Å². The molecular weight excluding hydrogens is 244 g/mol. The first kappa shape index (κ1) is 16.1. The summed E-state index contributed by atoms with van der Waals surface area (Å²) in [7, 11) is 0. The van der Waals surface area contributed by atoms with E-state index in [1.54, 1.807) is 0 Å². The number of rotatable bonds is 8. The van der Waals surface area contributed by atoms with Crippen LogP contribution in [0.15, 0.2) is 18.2 Å². The van der Waals surface area contributed by atoms with Crippen LogP contribution in [0.5, 0.6) is 0 Å². The summed E-state index contributed by atoms with van der Waals surface area (Å²) in [6.45, 7) is 4.03. The van der Waals surface area contributed by atoms with Gasteiger partial charge in [-0.05, 0) is 31.0 Å². The fourth-order valence-corrected chi connectivity index (χ4v) is 2.30. The van der Waals surface area contributed by atoms with E-state index in [9.17, 15) is 8.78 Å². The Morgan fingerprint density at radius 2 is 1.47 bits per heavy atom. The largest absolute Gasteiger partial charge is 0.322 e. The second kappa shape index (κ2) is 7.59. The predicted molar refractivity (Wildman–Crippen MR) is 75.9 cm³/mol. The van der Waals surface area contributed by atoms with Crippen molar-refractivity contribution in [3.8, 4) is 0 Å². The average Bonchev–Trinajstić information content (AvgIpc) is 2.32. The molecule has 108 valence electrons. The molecule has 0 aliphatic carbocycles. The molecule has 1 rings (SSSR count). The number of nitrogens with two attached hydrogens (primary N) is 1. The summed E-state index contributed by atoms with van der Waals surface area (Å²) in [5, 5.41) is 0. The minimum atomic E-state index is -0.659. The Morgan fingerprint density at radius 1 is 0.947 bits per heavy atom. The Kier molecular flexibility index (Phi) is 6.43. The fourth-order valence-electron chi connectivity index (χ4n) is 2.30. The molecule has 0 heterocycles. The number of benzene rings is 1. The molecule has 0 aliphatic rings. The van der Waals surface area contributed by atoms with E-state index < -0.39 is 17.2 Å². The topological polar surface area (TPSA) is 26.0 Å². The van der Waals surface area contributed by atoms with Gasteiger partial charge in [0.2, 0.25) is 0 Å². The summed E-state index contributed by atoms with van der Waals surface area (Å²) in [5.74, 6) is -1.12. The van der Waals surface area contributed by atoms with Gasteiger partial charge >= 0.3 is 0 Å². The van der Waals surface area contributed by atoms with E-state index in [2.05, 4.69) is 6.92 Å². The van der Waals surface area contributed by atoms with E-state index in [1.165, 1.54) is 37.8 Å². The number of hydrogen-bond donors (Lipinski definition) is 1. The maximum atomic E-state index is 13.2. The van der Waals surface area contributed by atoms with Gasteiger partial charge in [-0.25, -0.2) is 8.78 Å². The molecule has 0 saturated carbocycles. The Bertz CT molecular complexity index is 368. The molecule has 0 fully saturated rings. The molecule has 0 saturated heterocycles. The van der Waals surface area contributed by atoms with Gasteiger partial charge < -0.3 is 5.73 Å². The van der Waals surface area contributed by atoms with Crippen molar-refractivity contribution in [3.63, 3.8) is 0 Å². The van der Waals surface area contributed by atoms with E-state index in [0.29, 0.717) is 5.56 Å². The Labute approximate surface area is 115 Å². The molecule has 1 aromatic carbocycles. The molecule has 19 heavy (non-hydrogen) atoms. The standard InChI is InChI=1S/C16H25F2N/c1-3-4-5-6-7-8-9-16(2,19)13-10-14(17)12-15(18)11-13/h10-12H,3-9,19H2,1-2H3. The lowest BCUT2D eigenvalue weighted by molar-refractivity contribution is 0.416. The molecule has 0 amide bonds. The number of unbranched alkanes of at least 4 members (excludes halogenated alkanes) is 5. The predicted octanol–water partition coefficient (Wildman–Crippen LogP) is 4.89. The van der Waals surface area contributed by atoms with Gasteiger partial charge in [-0.1, -0.05) is 45.4 Å². The van der Waals surface area contributed by atoms with Gasteiger partial charge in [-0.3, -0.25) is 0 Å². The van der Waals surface area contributed by atoms with Crippen LogP contribution in [-0.4, -0.2) is 0 Å². The summed E-state index contributed by atoms with van der Waals surface area (Å²) in [5.41, 5.74) is 6.06. The highest BCUT2D eigenvalue weighted by molar-refractivity contribution is 5.24. The van der Waals surface area contributed by atoms with Crippen LogP contribution < -0.4 is 5.73 Å². The molecular formula is C16H25F2N. The quantitative estimate of drug-likeness (QED) is 0.668. The van der Waals surface area contributed by atoms with Crippen LogP contribution in [0.2, 0.25) is 0 Å². The molecule has 1 aromatic rings. The van der Waals surface area contributed by atoms with E-state index in [0.717, 1.165) is 25.3 Å². The van der Waals surface area contributed by atoms with Crippen LogP contribution in [0.25, 0.3) is 0 Å². The van der Waals surface area contributed by atoms with E-state index in [4.69, 9.17) is 5.73 Å². The van der Waals surface area contributed by atoms with Gasteiger partial charge in [-0.2, -0.15) is 0 Å². The lowest BCUT2D eigenvalue weighted by Crippen LogP contribution is -2.33. The van der Waals surface area contributed by atoms with E-state index >= 15 is 0 Å². The summed E-state index contributed by atoms with van der Waals surface area (Å²) < 4.78 is 26.4. The van der Waals surface area contributed by atoms with Crippen molar-refractivity contribution >= 4 is 0 Å². The van der Waals surface area contributed by atoms with Crippen LogP contribution >= 0.6 is 0 Å². The van der Waals surface area contributed by atoms with Gasteiger partial charge in [-0.15, -0.1) is 0 Å². The van der Waals surface area contributed by atoms with Gasteiger partial charge in [0.1, 0.15) is 11.6 Å². The van der Waals surface area contributed by atoms with Crippen molar-refractivity contribution in [1.29, 1.82) is 0 Å². The molecule has 0 aliphatic heterocycles. The van der Waals surface area contributed by atoms with Gasteiger partial charge in [0.05, 0.1) is 0 Å². The molecule has 0 bridgehead atoms. The SMILES string of the molecule is CCCCCCCCC(C)(N)c1cc(F)cc(F)c1. The third kappa shape index (κ3) is 5.68. The van der Waals surface area contributed by atoms with Crippen LogP contribution in [-0.2, 0) is 5.54 Å². The highest BCUT2D eigenvalue weighted by Gasteiger charge is 2.22. The zero-order valence-corrected chi connectivity index (χ0v) is 12.0.